The molecule has 1 heterocycles. The summed E-state index contributed by atoms with van der Waals surface area (Å²) in [5, 5.41) is 6.04. The van der Waals surface area contributed by atoms with Gasteiger partial charge < -0.3 is 15.2 Å². The minimum absolute atomic E-state index is 0. The van der Waals surface area contributed by atoms with Crippen LogP contribution in [0.3, 0.4) is 0 Å². The van der Waals surface area contributed by atoms with Crippen molar-refractivity contribution in [2.24, 2.45) is 0 Å². The number of fused-ring (bicyclic) bond motifs is 1. The van der Waals surface area contributed by atoms with Gasteiger partial charge in [0.15, 0.2) is 0 Å². The van der Waals surface area contributed by atoms with Gasteiger partial charge in [-0.25, -0.2) is 4.98 Å². The largest absolute Gasteiger partial charge is 0.353 e. The lowest BCUT2D eigenvalue weighted by atomic mass is 10.3. The van der Waals surface area contributed by atoms with E-state index in [-0.39, 0.29) is 24.4 Å². The highest BCUT2D eigenvalue weighted by Crippen LogP contribution is 2.16. The summed E-state index contributed by atoms with van der Waals surface area (Å²) >= 11 is 0. The Hall–Kier alpha value is -1.59. The zero-order valence-electron chi connectivity index (χ0n) is 12.7. The van der Waals surface area contributed by atoms with Gasteiger partial charge in [0.05, 0.1) is 11.0 Å². The number of nitrogens with zero attached hydrogens (tertiary/aromatic N) is 2. The van der Waals surface area contributed by atoms with Crippen molar-refractivity contribution >= 4 is 29.3 Å². The summed E-state index contributed by atoms with van der Waals surface area (Å²) in [6, 6.07) is 8.19. The Balaban J connectivity index is 0.00000220. The van der Waals surface area contributed by atoms with Crippen LogP contribution in [0, 0.1) is 0 Å². The van der Waals surface area contributed by atoms with E-state index in [2.05, 4.69) is 22.5 Å². The lowest BCUT2D eigenvalue weighted by Gasteiger charge is -2.13. The summed E-state index contributed by atoms with van der Waals surface area (Å²) in [6.45, 7) is 5.03. The van der Waals surface area contributed by atoms with Gasteiger partial charge in [-0.2, -0.15) is 0 Å². The first-order valence-corrected chi connectivity index (χ1v) is 7.03. The fraction of sp³-hybridized carbons (Fsp3) is 0.467. The number of imidazole rings is 1. The molecule has 0 bridgehead atoms. The van der Waals surface area contributed by atoms with Crippen LogP contribution in [0.15, 0.2) is 24.3 Å². The maximum absolute atomic E-state index is 12.1. The van der Waals surface area contributed by atoms with Gasteiger partial charge in [-0.3, -0.25) is 4.79 Å². The smallest absolute Gasteiger partial charge is 0.240 e. The van der Waals surface area contributed by atoms with Crippen LogP contribution in [0.1, 0.15) is 19.7 Å². The molecule has 5 nitrogen and oxygen atoms in total. The van der Waals surface area contributed by atoms with E-state index in [1.54, 1.807) is 0 Å². The second kappa shape index (κ2) is 8.00. The van der Waals surface area contributed by atoms with E-state index in [0.29, 0.717) is 13.1 Å². The molecule has 0 aliphatic rings. The van der Waals surface area contributed by atoms with Crippen molar-refractivity contribution in [2.75, 3.05) is 13.6 Å². The summed E-state index contributed by atoms with van der Waals surface area (Å²) in [5.74, 6) is 0.966. The molecule has 1 aromatic carbocycles. The molecular weight excluding hydrogens is 288 g/mol. The van der Waals surface area contributed by atoms with E-state index in [1.807, 2.05) is 42.8 Å². The first-order chi connectivity index (χ1) is 9.65. The lowest BCUT2D eigenvalue weighted by Crippen LogP contribution is -2.38. The standard InChI is InChI=1S/C15H22N4O.ClH/c1-4-14-18-12-7-5-6-8-13(12)19(14)10-15(20)17-9-11(2)16-3;/h5-8,11,16H,4,9-10H2,1-3H3,(H,17,20);1H. The van der Waals surface area contributed by atoms with Crippen LogP contribution in [-0.4, -0.2) is 35.1 Å². The third kappa shape index (κ3) is 4.19. The monoisotopic (exact) mass is 310 g/mol. The molecule has 2 rings (SSSR count). The molecule has 0 spiro atoms. The Morgan fingerprint density at radius 1 is 1.38 bits per heavy atom. The zero-order valence-corrected chi connectivity index (χ0v) is 13.5. The minimum atomic E-state index is 0. The summed E-state index contributed by atoms with van der Waals surface area (Å²) in [6.07, 6.45) is 0.814. The fourth-order valence-corrected chi connectivity index (χ4v) is 2.14. The van der Waals surface area contributed by atoms with Gasteiger partial charge in [0, 0.05) is 19.0 Å². The predicted molar refractivity (Wildman–Crippen MR) is 87.9 cm³/mol. The van der Waals surface area contributed by atoms with E-state index in [9.17, 15) is 4.79 Å². The van der Waals surface area contributed by atoms with E-state index >= 15 is 0 Å². The number of aryl methyl sites for hydroxylation is 1. The van der Waals surface area contributed by atoms with Gasteiger partial charge in [0.1, 0.15) is 12.4 Å². The second-order valence-electron chi connectivity index (χ2n) is 4.95. The molecule has 116 valence electrons. The van der Waals surface area contributed by atoms with Crippen LogP contribution < -0.4 is 10.6 Å². The van der Waals surface area contributed by atoms with Crippen molar-refractivity contribution in [1.29, 1.82) is 0 Å². The normalized spacial score (nSPS) is 12.0. The number of hydrogen-bond acceptors (Lipinski definition) is 3. The SMILES string of the molecule is CCc1nc2ccccc2n1CC(=O)NCC(C)NC.Cl. The number of aromatic nitrogens is 2. The number of benzene rings is 1. The number of rotatable bonds is 6. The van der Waals surface area contributed by atoms with Gasteiger partial charge in [-0.1, -0.05) is 19.1 Å². The number of likely N-dealkylation sites (N-methyl/N-ethyl adjacent to an activating group) is 1. The van der Waals surface area contributed by atoms with Crippen LogP contribution in [0.2, 0.25) is 0 Å². The van der Waals surface area contributed by atoms with Gasteiger partial charge in [0.25, 0.3) is 0 Å². The van der Waals surface area contributed by atoms with Crippen molar-refractivity contribution in [3.05, 3.63) is 30.1 Å². The molecule has 6 heteroatoms. The van der Waals surface area contributed by atoms with Crippen LogP contribution in [0.25, 0.3) is 11.0 Å². The average Bonchev–Trinajstić information content (AvgIpc) is 2.83. The first-order valence-electron chi connectivity index (χ1n) is 7.03. The summed E-state index contributed by atoms with van der Waals surface area (Å²) in [7, 11) is 1.88. The van der Waals surface area contributed by atoms with Crippen LogP contribution in [-0.2, 0) is 17.8 Å². The molecule has 0 aliphatic heterocycles. The average molecular weight is 311 g/mol. The Kier molecular flexibility index (Phi) is 6.65. The molecule has 0 radical (unpaired) electrons. The van der Waals surface area contributed by atoms with Crippen molar-refractivity contribution in [1.82, 2.24) is 20.2 Å². The Morgan fingerprint density at radius 3 is 2.76 bits per heavy atom. The number of para-hydroxylation sites is 2. The number of carbonyl (C=O) groups excluding carboxylic acids is 1. The predicted octanol–water partition coefficient (Wildman–Crippen LogP) is 1.74. The topological polar surface area (TPSA) is 59.0 Å². The number of nitrogens with one attached hydrogen (secondary N) is 2. The third-order valence-corrected chi connectivity index (χ3v) is 3.45. The Labute approximate surface area is 131 Å². The van der Waals surface area contributed by atoms with E-state index in [0.717, 1.165) is 23.3 Å². The molecule has 0 aliphatic carbocycles. The van der Waals surface area contributed by atoms with Gasteiger partial charge in [0.2, 0.25) is 5.91 Å². The van der Waals surface area contributed by atoms with Crippen LogP contribution >= 0.6 is 12.4 Å². The van der Waals surface area contributed by atoms with E-state index in [1.165, 1.54) is 0 Å². The third-order valence-electron chi connectivity index (χ3n) is 3.45. The molecule has 0 saturated heterocycles. The molecular formula is C15H23ClN4O. The molecule has 1 unspecified atom stereocenters. The number of hydrogen-bond donors (Lipinski definition) is 2. The van der Waals surface area contributed by atoms with Crippen LogP contribution in [0.5, 0.6) is 0 Å². The van der Waals surface area contributed by atoms with Crippen LogP contribution in [0.4, 0.5) is 0 Å². The minimum Gasteiger partial charge on any atom is -0.353 e. The van der Waals surface area contributed by atoms with Gasteiger partial charge >= 0.3 is 0 Å². The molecule has 1 aromatic heterocycles. The number of amides is 1. The summed E-state index contributed by atoms with van der Waals surface area (Å²) < 4.78 is 1.99. The molecule has 0 saturated carbocycles. The number of carbonyl (C=O) groups is 1. The second-order valence-corrected chi connectivity index (χ2v) is 4.95. The highest BCUT2D eigenvalue weighted by molar-refractivity contribution is 5.85. The van der Waals surface area contributed by atoms with Crippen molar-refractivity contribution in [3.63, 3.8) is 0 Å². The van der Waals surface area contributed by atoms with E-state index in [4.69, 9.17) is 0 Å². The molecule has 1 atom stereocenters. The number of halogens is 1. The highest BCUT2D eigenvalue weighted by atomic mass is 35.5. The molecule has 0 fully saturated rings. The maximum atomic E-state index is 12.1. The zero-order chi connectivity index (χ0) is 14.5. The van der Waals surface area contributed by atoms with Gasteiger partial charge in [-0.05, 0) is 26.1 Å². The maximum Gasteiger partial charge on any atom is 0.240 e. The molecule has 2 aromatic rings. The van der Waals surface area contributed by atoms with Crippen molar-refractivity contribution in [2.45, 2.75) is 32.9 Å². The highest BCUT2D eigenvalue weighted by Gasteiger charge is 2.12. The van der Waals surface area contributed by atoms with E-state index < -0.39 is 0 Å². The molecule has 1 amide bonds. The quantitative estimate of drug-likeness (QED) is 0.854. The van der Waals surface area contributed by atoms with Crippen molar-refractivity contribution in [3.8, 4) is 0 Å². The first kappa shape index (κ1) is 17.5. The molecule has 2 N–H and O–H groups in total. The molecule has 21 heavy (non-hydrogen) atoms. The van der Waals surface area contributed by atoms with Crippen molar-refractivity contribution < 1.29 is 4.79 Å². The Bertz CT molecular complexity index is 596. The lowest BCUT2D eigenvalue weighted by molar-refractivity contribution is -0.121. The summed E-state index contributed by atoms with van der Waals surface area (Å²) in [5.41, 5.74) is 1.96. The summed E-state index contributed by atoms with van der Waals surface area (Å²) in [4.78, 5) is 16.6. The fourth-order valence-electron chi connectivity index (χ4n) is 2.14. The Morgan fingerprint density at radius 2 is 2.10 bits per heavy atom. The van der Waals surface area contributed by atoms with Gasteiger partial charge in [-0.15, -0.1) is 12.4 Å².